The van der Waals surface area contributed by atoms with Crippen LogP contribution in [0.15, 0.2) is 54.7 Å². The number of anilines is 2. The molecule has 0 saturated carbocycles. The van der Waals surface area contributed by atoms with Gasteiger partial charge in [-0.2, -0.15) is 0 Å². The largest absolute Gasteiger partial charge is 0.334 e. The van der Waals surface area contributed by atoms with Crippen LogP contribution in [0.4, 0.5) is 15.8 Å². The van der Waals surface area contributed by atoms with Crippen molar-refractivity contribution in [3.05, 3.63) is 66.4 Å². The van der Waals surface area contributed by atoms with Crippen molar-refractivity contribution in [3.8, 4) is 11.3 Å². The Labute approximate surface area is 179 Å². The van der Waals surface area contributed by atoms with Crippen LogP contribution in [0.3, 0.4) is 0 Å². The van der Waals surface area contributed by atoms with Crippen molar-refractivity contribution in [2.75, 3.05) is 16.8 Å². The summed E-state index contributed by atoms with van der Waals surface area (Å²) in [7, 11) is 0. The first-order valence-corrected chi connectivity index (χ1v) is 10.6. The molecule has 5 rings (SSSR count). The molecule has 0 spiro atoms. The van der Waals surface area contributed by atoms with Crippen molar-refractivity contribution in [3.63, 3.8) is 0 Å². The lowest BCUT2D eigenvalue weighted by Gasteiger charge is -2.17. The van der Waals surface area contributed by atoms with Crippen LogP contribution in [-0.2, 0) is 22.6 Å². The van der Waals surface area contributed by atoms with Crippen molar-refractivity contribution in [2.45, 2.75) is 32.2 Å². The highest BCUT2D eigenvalue weighted by atomic mass is 19.1. The van der Waals surface area contributed by atoms with E-state index in [1.165, 1.54) is 17.4 Å². The van der Waals surface area contributed by atoms with Crippen LogP contribution >= 0.6 is 0 Å². The predicted octanol–water partition coefficient (Wildman–Crippen LogP) is 4.02. The number of carbonyl (C=O) groups is 2. The summed E-state index contributed by atoms with van der Waals surface area (Å²) in [5.74, 6) is -0.382. The molecule has 2 aliphatic heterocycles. The summed E-state index contributed by atoms with van der Waals surface area (Å²) < 4.78 is 16.3. The highest BCUT2D eigenvalue weighted by molar-refractivity contribution is 6.03. The number of hydrogen-bond acceptors (Lipinski definition) is 3. The molecule has 3 heterocycles. The van der Waals surface area contributed by atoms with Gasteiger partial charge in [0.05, 0.1) is 17.3 Å². The van der Waals surface area contributed by atoms with E-state index in [4.69, 9.17) is 4.98 Å². The fraction of sp³-hybridized carbons (Fsp3) is 0.292. The van der Waals surface area contributed by atoms with Gasteiger partial charge in [-0.25, -0.2) is 9.37 Å². The Morgan fingerprint density at radius 1 is 1.13 bits per heavy atom. The van der Waals surface area contributed by atoms with Gasteiger partial charge in [-0.1, -0.05) is 24.3 Å². The highest BCUT2D eigenvalue weighted by Gasteiger charge is 2.36. The summed E-state index contributed by atoms with van der Waals surface area (Å²) in [6.45, 7) is 1.16. The predicted molar refractivity (Wildman–Crippen MR) is 116 cm³/mol. The number of fused-ring (bicyclic) bond motifs is 1. The van der Waals surface area contributed by atoms with Gasteiger partial charge in [0.1, 0.15) is 11.6 Å². The van der Waals surface area contributed by atoms with E-state index >= 15 is 0 Å². The van der Waals surface area contributed by atoms with E-state index < -0.39 is 11.7 Å². The van der Waals surface area contributed by atoms with Crippen LogP contribution in [0.1, 0.15) is 25.1 Å². The zero-order chi connectivity index (χ0) is 21.4. The molecule has 1 N–H and O–H groups in total. The molecule has 2 aromatic carbocycles. The van der Waals surface area contributed by atoms with Crippen LogP contribution in [0, 0.1) is 11.7 Å². The molecule has 1 fully saturated rings. The monoisotopic (exact) mass is 418 g/mol. The van der Waals surface area contributed by atoms with E-state index in [0.29, 0.717) is 5.69 Å². The van der Waals surface area contributed by atoms with E-state index in [-0.39, 0.29) is 30.5 Å². The van der Waals surface area contributed by atoms with E-state index in [2.05, 4.69) is 16.1 Å². The van der Waals surface area contributed by atoms with Gasteiger partial charge in [0.25, 0.3) is 0 Å². The molecular formula is C24H23FN4O2. The summed E-state index contributed by atoms with van der Waals surface area (Å²) in [6, 6.07) is 13.7. The molecule has 2 amide bonds. The topological polar surface area (TPSA) is 67.2 Å². The first-order chi connectivity index (χ1) is 15.1. The molecule has 158 valence electrons. The lowest BCUT2D eigenvalue weighted by Crippen LogP contribution is -2.28. The van der Waals surface area contributed by atoms with Crippen molar-refractivity contribution >= 4 is 23.2 Å². The van der Waals surface area contributed by atoms with Crippen LogP contribution in [0.2, 0.25) is 0 Å². The number of imidazole rings is 1. The second kappa shape index (κ2) is 7.98. The number of aromatic nitrogens is 2. The number of nitrogens with one attached hydrogen (secondary N) is 1. The normalized spacial score (nSPS) is 18.2. The molecule has 7 heteroatoms. The van der Waals surface area contributed by atoms with Crippen LogP contribution < -0.4 is 10.2 Å². The summed E-state index contributed by atoms with van der Waals surface area (Å²) >= 11 is 0. The first kappa shape index (κ1) is 19.5. The molecule has 0 aliphatic carbocycles. The number of halogens is 1. The average molecular weight is 418 g/mol. The van der Waals surface area contributed by atoms with Gasteiger partial charge in [-0.3, -0.25) is 9.59 Å². The Morgan fingerprint density at radius 2 is 2.00 bits per heavy atom. The molecule has 2 aliphatic rings. The minimum Gasteiger partial charge on any atom is -0.334 e. The quantitative estimate of drug-likeness (QED) is 0.696. The third-order valence-electron chi connectivity index (χ3n) is 5.97. The number of aryl methyl sites for hydroxylation is 2. The van der Waals surface area contributed by atoms with Gasteiger partial charge >= 0.3 is 0 Å². The zero-order valence-electron chi connectivity index (χ0n) is 17.1. The van der Waals surface area contributed by atoms with Gasteiger partial charge in [-0.15, -0.1) is 0 Å². The Hall–Kier alpha value is -3.48. The first-order valence-electron chi connectivity index (χ1n) is 10.6. The van der Waals surface area contributed by atoms with Crippen LogP contribution in [0.25, 0.3) is 11.3 Å². The molecule has 3 aromatic rings. The minimum absolute atomic E-state index is 0.0631. The van der Waals surface area contributed by atoms with E-state index in [1.54, 1.807) is 18.2 Å². The molecule has 1 atom stereocenters. The maximum Gasteiger partial charge on any atom is 0.229 e. The number of carbonyl (C=O) groups excluding carboxylic acids is 2. The number of hydrogen-bond donors (Lipinski definition) is 1. The average Bonchev–Trinajstić information content (AvgIpc) is 3.38. The van der Waals surface area contributed by atoms with Crippen molar-refractivity contribution in [2.24, 2.45) is 5.92 Å². The maximum atomic E-state index is 14.1. The van der Waals surface area contributed by atoms with Crippen molar-refractivity contribution in [1.82, 2.24) is 9.55 Å². The van der Waals surface area contributed by atoms with Crippen LogP contribution in [-0.4, -0.2) is 27.9 Å². The number of rotatable bonds is 4. The lowest BCUT2D eigenvalue weighted by molar-refractivity contribution is -0.122. The Kier molecular flexibility index (Phi) is 5.02. The molecule has 0 radical (unpaired) electrons. The smallest absolute Gasteiger partial charge is 0.229 e. The van der Waals surface area contributed by atoms with E-state index in [9.17, 15) is 14.0 Å². The third kappa shape index (κ3) is 3.83. The van der Waals surface area contributed by atoms with Gasteiger partial charge in [-0.05, 0) is 37.1 Å². The summed E-state index contributed by atoms with van der Waals surface area (Å²) in [5.41, 5.74) is 2.71. The standard InChI is InChI=1S/C24H23FN4O2/c25-19-8-1-2-9-21(19)29-14-17(13-23(29)30)24(31)26-18-7-5-6-16(12-18)20-15-28-11-4-3-10-22(28)27-20/h1-2,5-9,12,15,17H,3-4,10-11,13-14H2,(H,26,31). The molecule has 31 heavy (non-hydrogen) atoms. The summed E-state index contributed by atoms with van der Waals surface area (Å²) in [6.07, 6.45) is 5.45. The second-order valence-corrected chi connectivity index (χ2v) is 8.12. The lowest BCUT2D eigenvalue weighted by atomic mass is 10.1. The highest BCUT2D eigenvalue weighted by Crippen LogP contribution is 2.29. The van der Waals surface area contributed by atoms with Crippen molar-refractivity contribution in [1.29, 1.82) is 0 Å². The molecule has 1 aromatic heterocycles. The molecular weight excluding hydrogens is 395 g/mol. The summed E-state index contributed by atoms with van der Waals surface area (Å²) in [5, 5.41) is 2.92. The van der Waals surface area contributed by atoms with E-state index in [1.807, 2.05) is 24.3 Å². The number of nitrogens with zero attached hydrogens (tertiary/aromatic N) is 3. The second-order valence-electron chi connectivity index (χ2n) is 8.12. The van der Waals surface area contributed by atoms with Gasteiger partial charge in [0.15, 0.2) is 0 Å². The molecule has 1 unspecified atom stereocenters. The SMILES string of the molecule is O=C(Nc1cccc(-c2cn3c(n2)CCCC3)c1)C1CC(=O)N(c2ccccc2F)C1. The number of para-hydroxylation sites is 1. The Morgan fingerprint density at radius 3 is 2.84 bits per heavy atom. The van der Waals surface area contributed by atoms with Gasteiger partial charge in [0.2, 0.25) is 11.8 Å². The van der Waals surface area contributed by atoms with Crippen molar-refractivity contribution < 1.29 is 14.0 Å². The summed E-state index contributed by atoms with van der Waals surface area (Å²) in [4.78, 5) is 31.3. The third-order valence-corrected chi connectivity index (χ3v) is 5.97. The Balaban J connectivity index is 1.30. The minimum atomic E-state index is -0.532. The number of benzene rings is 2. The molecule has 0 bridgehead atoms. The molecule has 6 nitrogen and oxygen atoms in total. The maximum absolute atomic E-state index is 14.1. The van der Waals surface area contributed by atoms with Gasteiger partial charge in [0, 0.05) is 43.4 Å². The van der Waals surface area contributed by atoms with Gasteiger partial charge < -0.3 is 14.8 Å². The van der Waals surface area contributed by atoms with E-state index in [0.717, 1.165) is 36.5 Å². The zero-order valence-corrected chi connectivity index (χ0v) is 17.1. The fourth-order valence-electron chi connectivity index (χ4n) is 4.34. The Bertz CT molecular complexity index is 1130. The molecule has 1 saturated heterocycles. The number of amides is 2. The van der Waals surface area contributed by atoms with Crippen LogP contribution in [0.5, 0.6) is 0 Å². The fourth-order valence-corrected chi connectivity index (χ4v) is 4.34.